The molecule has 0 unspecified atom stereocenters. The quantitative estimate of drug-likeness (QED) is 0.660. The third kappa shape index (κ3) is 5.43. The number of nitrogens with one attached hydrogen (secondary N) is 1. The molecule has 1 saturated heterocycles. The van der Waals surface area contributed by atoms with E-state index in [1.807, 2.05) is 4.90 Å². The molecule has 0 atom stereocenters. The molecule has 1 fully saturated rings. The number of aryl methyl sites for hydroxylation is 1. The number of esters is 1. The highest BCUT2D eigenvalue weighted by Gasteiger charge is 2.29. The SMILES string of the molecule is CCOC(=O)c1ccc(N2CCCN(S(=O)(=O)c3cc(NC(C)=O)ccc3C)CC2)nc1. The molecule has 0 spiro atoms. The Balaban J connectivity index is 1.75. The smallest absolute Gasteiger partial charge is 0.339 e. The molecule has 0 radical (unpaired) electrons. The van der Waals surface area contributed by atoms with E-state index < -0.39 is 16.0 Å². The van der Waals surface area contributed by atoms with Crippen LogP contribution in [0.25, 0.3) is 0 Å². The van der Waals surface area contributed by atoms with Crippen molar-refractivity contribution in [2.75, 3.05) is 43.0 Å². The Morgan fingerprint density at radius 2 is 1.91 bits per heavy atom. The van der Waals surface area contributed by atoms with Gasteiger partial charge in [0.1, 0.15) is 5.82 Å². The summed E-state index contributed by atoms with van der Waals surface area (Å²) in [5, 5.41) is 2.64. The fraction of sp³-hybridized carbons (Fsp3) is 0.409. The lowest BCUT2D eigenvalue weighted by Gasteiger charge is -2.23. The number of aromatic nitrogens is 1. The summed E-state index contributed by atoms with van der Waals surface area (Å²) < 4.78 is 33.2. The number of carbonyl (C=O) groups is 2. The minimum Gasteiger partial charge on any atom is -0.462 e. The van der Waals surface area contributed by atoms with Gasteiger partial charge in [-0.25, -0.2) is 18.2 Å². The molecule has 1 amide bonds. The Hall–Kier alpha value is -2.98. The van der Waals surface area contributed by atoms with E-state index in [0.717, 1.165) is 0 Å². The fourth-order valence-corrected chi connectivity index (χ4v) is 5.29. The number of benzene rings is 1. The molecule has 172 valence electrons. The number of rotatable bonds is 6. The van der Waals surface area contributed by atoms with Crippen molar-refractivity contribution in [3.8, 4) is 0 Å². The van der Waals surface area contributed by atoms with Crippen LogP contribution in [-0.2, 0) is 19.6 Å². The summed E-state index contributed by atoms with van der Waals surface area (Å²) in [6.07, 6.45) is 2.11. The maximum Gasteiger partial charge on any atom is 0.339 e. The molecule has 32 heavy (non-hydrogen) atoms. The normalized spacial score (nSPS) is 15.2. The summed E-state index contributed by atoms with van der Waals surface area (Å²) in [4.78, 5) is 29.7. The van der Waals surface area contributed by atoms with Crippen molar-refractivity contribution < 1.29 is 22.7 Å². The van der Waals surface area contributed by atoms with Crippen molar-refractivity contribution in [3.05, 3.63) is 47.7 Å². The van der Waals surface area contributed by atoms with Gasteiger partial charge in [0.05, 0.1) is 17.1 Å². The second-order valence-electron chi connectivity index (χ2n) is 7.53. The number of pyridine rings is 1. The molecular formula is C22H28N4O5S. The molecule has 0 bridgehead atoms. The number of anilines is 2. The predicted molar refractivity (Wildman–Crippen MR) is 121 cm³/mol. The van der Waals surface area contributed by atoms with Crippen molar-refractivity contribution in [1.29, 1.82) is 0 Å². The van der Waals surface area contributed by atoms with E-state index in [1.54, 1.807) is 38.1 Å². The Morgan fingerprint density at radius 1 is 1.12 bits per heavy atom. The zero-order valence-electron chi connectivity index (χ0n) is 18.5. The van der Waals surface area contributed by atoms with Crippen molar-refractivity contribution in [3.63, 3.8) is 0 Å². The number of hydrogen-bond acceptors (Lipinski definition) is 7. The van der Waals surface area contributed by atoms with Crippen LogP contribution in [0.4, 0.5) is 11.5 Å². The van der Waals surface area contributed by atoms with Gasteiger partial charge in [-0.1, -0.05) is 6.07 Å². The molecule has 9 nitrogen and oxygen atoms in total. The maximum absolute atomic E-state index is 13.4. The monoisotopic (exact) mass is 460 g/mol. The Labute approximate surface area is 188 Å². The summed E-state index contributed by atoms with van der Waals surface area (Å²) in [5.41, 5.74) is 1.45. The van der Waals surface area contributed by atoms with E-state index in [4.69, 9.17) is 4.74 Å². The predicted octanol–water partition coefficient (Wildman–Crippen LogP) is 2.43. The van der Waals surface area contributed by atoms with Gasteiger partial charge < -0.3 is 15.0 Å². The van der Waals surface area contributed by atoms with Gasteiger partial charge in [0.2, 0.25) is 15.9 Å². The number of amides is 1. The van der Waals surface area contributed by atoms with Crippen LogP contribution in [0, 0.1) is 6.92 Å². The van der Waals surface area contributed by atoms with Crippen molar-refractivity contribution >= 4 is 33.4 Å². The summed E-state index contributed by atoms with van der Waals surface area (Å²) in [6.45, 7) is 6.95. The average Bonchev–Trinajstić information content (AvgIpc) is 3.02. The lowest BCUT2D eigenvalue weighted by atomic mass is 10.2. The second kappa shape index (κ2) is 10.1. The highest BCUT2D eigenvalue weighted by Crippen LogP contribution is 2.25. The van der Waals surface area contributed by atoms with Crippen LogP contribution < -0.4 is 10.2 Å². The molecule has 0 aliphatic carbocycles. The van der Waals surface area contributed by atoms with Crippen LogP contribution in [-0.4, -0.2) is 62.4 Å². The molecule has 10 heteroatoms. The number of sulfonamides is 1. The maximum atomic E-state index is 13.4. The van der Waals surface area contributed by atoms with E-state index in [1.165, 1.54) is 23.5 Å². The summed E-state index contributed by atoms with van der Waals surface area (Å²) in [7, 11) is -3.73. The summed E-state index contributed by atoms with van der Waals surface area (Å²) >= 11 is 0. The molecule has 2 heterocycles. The molecule has 1 aliphatic rings. The van der Waals surface area contributed by atoms with Gasteiger partial charge in [-0.3, -0.25) is 4.79 Å². The summed E-state index contributed by atoms with van der Waals surface area (Å²) in [5.74, 6) is 0.00164. The van der Waals surface area contributed by atoms with Gasteiger partial charge in [-0.05, 0) is 50.1 Å². The van der Waals surface area contributed by atoms with Gasteiger partial charge in [0.15, 0.2) is 0 Å². The van der Waals surface area contributed by atoms with Crippen LogP contribution in [0.1, 0.15) is 36.2 Å². The van der Waals surface area contributed by atoms with Crippen LogP contribution in [0.2, 0.25) is 0 Å². The fourth-order valence-electron chi connectivity index (χ4n) is 3.57. The zero-order valence-corrected chi connectivity index (χ0v) is 19.3. The van der Waals surface area contributed by atoms with Gasteiger partial charge in [-0.15, -0.1) is 0 Å². The Morgan fingerprint density at radius 3 is 2.56 bits per heavy atom. The summed E-state index contributed by atoms with van der Waals surface area (Å²) in [6, 6.07) is 8.29. The number of nitrogens with zero attached hydrogens (tertiary/aromatic N) is 3. The lowest BCUT2D eigenvalue weighted by Crippen LogP contribution is -2.35. The van der Waals surface area contributed by atoms with E-state index in [9.17, 15) is 18.0 Å². The van der Waals surface area contributed by atoms with Gasteiger partial charge >= 0.3 is 5.97 Å². The zero-order chi connectivity index (χ0) is 23.3. The number of ether oxygens (including phenoxy) is 1. The van der Waals surface area contributed by atoms with Crippen molar-refractivity contribution in [2.45, 2.75) is 32.1 Å². The minimum atomic E-state index is -3.73. The molecule has 0 saturated carbocycles. The van der Waals surface area contributed by atoms with E-state index in [-0.39, 0.29) is 10.8 Å². The first-order valence-electron chi connectivity index (χ1n) is 10.5. The average molecular weight is 461 g/mol. The Kier molecular flexibility index (Phi) is 7.47. The molecule has 1 aromatic carbocycles. The molecule has 2 aromatic rings. The third-order valence-electron chi connectivity index (χ3n) is 5.16. The number of hydrogen-bond donors (Lipinski definition) is 1. The number of carbonyl (C=O) groups excluding carboxylic acids is 2. The van der Waals surface area contributed by atoms with Gasteiger partial charge in [0.25, 0.3) is 0 Å². The van der Waals surface area contributed by atoms with Gasteiger partial charge in [0, 0.05) is 45.0 Å². The first-order valence-corrected chi connectivity index (χ1v) is 11.9. The highest BCUT2D eigenvalue weighted by atomic mass is 32.2. The molecule has 1 aromatic heterocycles. The van der Waals surface area contributed by atoms with Crippen LogP contribution in [0.3, 0.4) is 0 Å². The lowest BCUT2D eigenvalue weighted by molar-refractivity contribution is -0.114. The first-order chi connectivity index (χ1) is 15.2. The van der Waals surface area contributed by atoms with E-state index in [2.05, 4.69) is 10.3 Å². The Bertz CT molecular complexity index is 1090. The van der Waals surface area contributed by atoms with Crippen molar-refractivity contribution in [1.82, 2.24) is 9.29 Å². The van der Waals surface area contributed by atoms with Crippen LogP contribution in [0.5, 0.6) is 0 Å². The molecular weight excluding hydrogens is 432 g/mol. The molecule has 3 rings (SSSR count). The first kappa shape index (κ1) is 23.7. The van der Waals surface area contributed by atoms with Crippen molar-refractivity contribution in [2.24, 2.45) is 0 Å². The molecule has 1 aliphatic heterocycles. The minimum absolute atomic E-state index is 0.189. The topological polar surface area (TPSA) is 109 Å². The highest BCUT2D eigenvalue weighted by molar-refractivity contribution is 7.89. The third-order valence-corrected chi connectivity index (χ3v) is 7.20. The largest absolute Gasteiger partial charge is 0.462 e. The van der Waals surface area contributed by atoms with Crippen LogP contribution in [0.15, 0.2) is 41.4 Å². The van der Waals surface area contributed by atoms with Gasteiger partial charge in [-0.2, -0.15) is 4.31 Å². The van der Waals surface area contributed by atoms with E-state index >= 15 is 0 Å². The standard InChI is InChI=1S/C22H28N4O5S/c1-4-31-22(28)18-7-9-21(23-15-18)25-10-5-11-26(13-12-25)32(29,30)20-14-19(24-17(3)27)8-6-16(20)2/h6-9,14-15H,4-5,10-13H2,1-3H3,(H,24,27). The molecule has 1 N–H and O–H groups in total. The second-order valence-corrected chi connectivity index (χ2v) is 9.44. The van der Waals surface area contributed by atoms with E-state index in [0.29, 0.717) is 61.8 Å². The van der Waals surface area contributed by atoms with Crippen LogP contribution >= 0.6 is 0 Å².